The molecule has 0 fully saturated rings. The Kier molecular flexibility index (Phi) is 6.29. The van der Waals surface area contributed by atoms with Gasteiger partial charge in [0.05, 0.1) is 21.3 Å². The lowest BCUT2D eigenvalue weighted by atomic mass is 10.1. The van der Waals surface area contributed by atoms with E-state index in [9.17, 15) is 9.90 Å². The van der Waals surface area contributed by atoms with Gasteiger partial charge in [-0.1, -0.05) is 6.92 Å². The number of benzene rings is 1. The summed E-state index contributed by atoms with van der Waals surface area (Å²) in [7, 11) is 4.49. The zero-order chi connectivity index (χ0) is 18.4. The zero-order valence-corrected chi connectivity index (χ0v) is 15.0. The van der Waals surface area contributed by atoms with Crippen LogP contribution in [-0.4, -0.2) is 42.6 Å². The fourth-order valence-corrected chi connectivity index (χ4v) is 2.64. The van der Waals surface area contributed by atoms with E-state index in [4.69, 9.17) is 18.6 Å². The predicted octanol–water partition coefficient (Wildman–Crippen LogP) is 2.88. The summed E-state index contributed by atoms with van der Waals surface area (Å²) >= 11 is 0.864. The van der Waals surface area contributed by atoms with E-state index in [-0.39, 0.29) is 10.1 Å². The van der Waals surface area contributed by atoms with Gasteiger partial charge < -0.3 is 23.7 Å². The van der Waals surface area contributed by atoms with Crippen LogP contribution in [0, 0.1) is 0 Å². The molecule has 9 heteroatoms. The molecular weight excluding hydrogens is 348 g/mol. The smallest absolute Gasteiger partial charge is 0.342 e. The summed E-state index contributed by atoms with van der Waals surface area (Å²) in [6.07, 6.45) is 2.02. The van der Waals surface area contributed by atoms with Crippen LogP contribution in [0.5, 0.6) is 17.2 Å². The molecule has 1 N–H and O–H groups in total. The molecule has 0 aliphatic heterocycles. The number of hydrogen-bond donors (Lipinski definition) is 1. The Labute approximate surface area is 148 Å². The van der Waals surface area contributed by atoms with E-state index in [1.807, 2.05) is 6.92 Å². The summed E-state index contributed by atoms with van der Waals surface area (Å²) in [5.74, 6) is 0.687. The molecule has 1 aromatic carbocycles. The van der Waals surface area contributed by atoms with Crippen molar-refractivity contribution >= 4 is 23.8 Å². The Morgan fingerprint density at radius 1 is 1.16 bits per heavy atom. The predicted molar refractivity (Wildman–Crippen MR) is 91.2 cm³/mol. The molecule has 2 rings (SSSR count). The fourth-order valence-electron chi connectivity index (χ4n) is 1.96. The summed E-state index contributed by atoms with van der Waals surface area (Å²) in [5.41, 5.74) is 0.514. The highest BCUT2D eigenvalue weighted by Gasteiger charge is 2.17. The molecule has 134 valence electrons. The summed E-state index contributed by atoms with van der Waals surface area (Å²) in [5, 5.41) is 17.3. The molecule has 0 radical (unpaired) electrons. The van der Waals surface area contributed by atoms with Crippen LogP contribution in [0.3, 0.4) is 0 Å². The number of carbonyl (C=O) groups is 1. The van der Waals surface area contributed by atoms with Crippen molar-refractivity contribution < 1.29 is 28.5 Å². The first-order chi connectivity index (χ1) is 12.0. The van der Waals surface area contributed by atoms with Crippen molar-refractivity contribution in [3.8, 4) is 17.2 Å². The maximum atomic E-state index is 11.6. The van der Waals surface area contributed by atoms with Gasteiger partial charge in [0.1, 0.15) is 10.7 Å². The maximum Gasteiger partial charge on any atom is 0.342 e. The minimum absolute atomic E-state index is 0.00294. The number of hydrogen-bond acceptors (Lipinski definition) is 8. The average molecular weight is 366 g/mol. The van der Waals surface area contributed by atoms with Gasteiger partial charge in [-0.3, -0.25) is 0 Å². The lowest BCUT2D eigenvalue weighted by molar-refractivity contribution is -0.131. The minimum Gasteiger partial charge on any atom is -0.496 e. The summed E-state index contributed by atoms with van der Waals surface area (Å²) in [6, 6.07) is 3.25. The monoisotopic (exact) mass is 366 g/mol. The van der Waals surface area contributed by atoms with Crippen LogP contribution in [-0.2, 0) is 11.2 Å². The molecule has 0 bridgehead atoms. The molecule has 1 aromatic heterocycles. The number of aromatic nitrogens is 2. The number of aliphatic carboxylic acids is 1. The van der Waals surface area contributed by atoms with Gasteiger partial charge in [0, 0.05) is 18.1 Å². The second kappa shape index (κ2) is 8.43. The van der Waals surface area contributed by atoms with Gasteiger partial charge in [0.25, 0.3) is 5.22 Å². The third kappa shape index (κ3) is 4.44. The number of nitrogens with zero attached hydrogens (tertiary/aromatic N) is 2. The van der Waals surface area contributed by atoms with Crippen molar-refractivity contribution in [3.63, 3.8) is 0 Å². The largest absolute Gasteiger partial charge is 0.496 e. The molecule has 0 saturated carbocycles. The van der Waals surface area contributed by atoms with Crippen LogP contribution in [0.2, 0.25) is 0 Å². The number of aryl methyl sites for hydroxylation is 1. The van der Waals surface area contributed by atoms with Crippen LogP contribution in [0.25, 0.3) is 6.08 Å². The Bertz CT molecular complexity index is 787. The SMILES string of the molecule is CCc1nnc(S/C(=C\c2cc(OC)c(OC)cc2OC)C(=O)O)o1. The third-order valence-electron chi connectivity index (χ3n) is 3.18. The van der Waals surface area contributed by atoms with Gasteiger partial charge in [-0.2, -0.15) is 0 Å². The van der Waals surface area contributed by atoms with Crippen molar-refractivity contribution in [2.75, 3.05) is 21.3 Å². The van der Waals surface area contributed by atoms with Crippen LogP contribution < -0.4 is 14.2 Å². The van der Waals surface area contributed by atoms with Gasteiger partial charge in [0.15, 0.2) is 11.5 Å². The van der Waals surface area contributed by atoms with Crippen molar-refractivity contribution in [3.05, 3.63) is 28.5 Å². The highest BCUT2D eigenvalue weighted by atomic mass is 32.2. The van der Waals surface area contributed by atoms with E-state index in [1.54, 1.807) is 12.1 Å². The van der Waals surface area contributed by atoms with Crippen LogP contribution in [0.1, 0.15) is 18.4 Å². The van der Waals surface area contributed by atoms with Crippen molar-refractivity contribution in [1.29, 1.82) is 0 Å². The fraction of sp³-hybridized carbons (Fsp3) is 0.312. The molecule has 2 aromatic rings. The lowest BCUT2D eigenvalue weighted by Crippen LogP contribution is -1.99. The number of methoxy groups -OCH3 is 3. The molecule has 0 amide bonds. The Morgan fingerprint density at radius 2 is 1.80 bits per heavy atom. The van der Waals surface area contributed by atoms with E-state index >= 15 is 0 Å². The van der Waals surface area contributed by atoms with Crippen LogP contribution in [0.15, 0.2) is 26.7 Å². The van der Waals surface area contributed by atoms with E-state index in [0.717, 1.165) is 11.8 Å². The third-order valence-corrected chi connectivity index (χ3v) is 4.03. The summed E-state index contributed by atoms with van der Waals surface area (Å²) in [6.45, 7) is 1.87. The number of carboxylic acids is 1. The Morgan fingerprint density at radius 3 is 2.32 bits per heavy atom. The van der Waals surface area contributed by atoms with Gasteiger partial charge in [-0.05, 0) is 23.9 Å². The molecule has 0 atom stereocenters. The van der Waals surface area contributed by atoms with E-state index in [0.29, 0.717) is 35.1 Å². The van der Waals surface area contributed by atoms with Crippen molar-refractivity contribution in [2.45, 2.75) is 18.6 Å². The molecule has 0 spiro atoms. The van der Waals surface area contributed by atoms with Crippen LogP contribution >= 0.6 is 11.8 Å². The minimum atomic E-state index is -1.13. The van der Waals surface area contributed by atoms with E-state index in [2.05, 4.69) is 10.2 Å². The Balaban J connectivity index is 2.43. The first-order valence-electron chi connectivity index (χ1n) is 7.27. The normalized spacial score (nSPS) is 11.3. The van der Waals surface area contributed by atoms with Gasteiger partial charge in [0.2, 0.25) is 5.89 Å². The molecular formula is C16H18N2O6S. The highest BCUT2D eigenvalue weighted by molar-refractivity contribution is 8.03. The Hall–Kier alpha value is -2.68. The topological polar surface area (TPSA) is 104 Å². The molecule has 0 unspecified atom stereocenters. The zero-order valence-electron chi connectivity index (χ0n) is 14.2. The lowest BCUT2D eigenvalue weighted by Gasteiger charge is -2.12. The molecule has 1 heterocycles. The quantitative estimate of drug-likeness (QED) is 0.558. The standard InChI is InChI=1S/C16H18N2O6S/c1-5-14-17-18-16(24-14)25-13(15(19)20)7-9-6-11(22-3)12(23-4)8-10(9)21-2/h6-8H,5H2,1-4H3,(H,19,20)/b13-7-. The average Bonchev–Trinajstić information content (AvgIpc) is 3.08. The second-order valence-corrected chi connectivity index (χ2v) is 5.67. The van der Waals surface area contributed by atoms with Crippen LogP contribution in [0.4, 0.5) is 0 Å². The van der Waals surface area contributed by atoms with E-state index < -0.39 is 5.97 Å². The summed E-state index contributed by atoms with van der Waals surface area (Å²) < 4.78 is 21.1. The number of rotatable bonds is 8. The molecule has 25 heavy (non-hydrogen) atoms. The highest BCUT2D eigenvalue weighted by Crippen LogP contribution is 2.37. The molecule has 0 saturated heterocycles. The number of ether oxygens (including phenoxy) is 3. The van der Waals surface area contributed by atoms with Crippen molar-refractivity contribution in [1.82, 2.24) is 10.2 Å². The number of carboxylic acid groups (broad SMARTS) is 1. The van der Waals surface area contributed by atoms with Crippen molar-refractivity contribution in [2.24, 2.45) is 0 Å². The molecule has 0 aliphatic rings. The number of thioether (sulfide) groups is 1. The molecule has 0 aliphatic carbocycles. The van der Waals surface area contributed by atoms with Gasteiger partial charge in [-0.15, -0.1) is 10.2 Å². The molecule has 8 nitrogen and oxygen atoms in total. The second-order valence-electron chi connectivity index (χ2n) is 4.68. The summed E-state index contributed by atoms with van der Waals surface area (Å²) in [4.78, 5) is 11.6. The van der Waals surface area contributed by atoms with Gasteiger partial charge >= 0.3 is 5.97 Å². The van der Waals surface area contributed by atoms with E-state index in [1.165, 1.54) is 27.4 Å². The first-order valence-corrected chi connectivity index (χ1v) is 8.09. The van der Waals surface area contributed by atoms with Gasteiger partial charge in [-0.25, -0.2) is 4.79 Å². The first kappa shape index (κ1) is 18.7. The maximum absolute atomic E-state index is 11.6.